The molecule has 0 radical (unpaired) electrons. The number of aromatic nitrogens is 2. The molecule has 1 unspecified atom stereocenters. The summed E-state index contributed by atoms with van der Waals surface area (Å²) in [5.74, 6) is -0.154. The van der Waals surface area contributed by atoms with E-state index in [1.54, 1.807) is 12.3 Å². The number of hydrogen-bond acceptors (Lipinski definition) is 10. The first-order valence-electron chi connectivity index (χ1n) is 18.5. The fraction of sp³-hybridized carbons (Fsp3) is 0.462. The Morgan fingerprint density at radius 2 is 1.72 bits per heavy atom. The predicted molar refractivity (Wildman–Crippen MR) is 202 cm³/mol. The van der Waals surface area contributed by atoms with E-state index in [1.807, 2.05) is 42.6 Å². The van der Waals surface area contributed by atoms with Crippen LogP contribution in [0.2, 0.25) is 0 Å². The molecule has 5 amide bonds. The van der Waals surface area contributed by atoms with Crippen LogP contribution >= 0.6 is 11.8 Å². The van der Waals surface area contributed by atoms with E-state index in [0.717, 1.165) is 90.6 Å². The van der Waals surface area contributed by atoms with Gasteiger partial charge in [-0.2, -0.15) is 0 Å². The minimum Gasteiger partial charge on any atom is -0.355 e. The number of hydrogen-bond donors (Lipinski definition) is 4. The fourth-order valence-corrected chi connectivity index (χ4v) is 7.67. The molecule has 0 bridgehead atoms. The van der Waals surface area contributed by atoms with Crippen molar-refractivity contribution < 1.29 is 24.0 Å². The van der Waals surface area contributed by atoms with E-state index in [4.69, 9.17) is 5.73 Å². The van der Waals surface area contributed by atoms with Gasteiger partial charge in [0, 0.05) is 67.1 Å². The molecule has 0 saturated carbocycles. The van der Waals surface area contributed by atoms with Gasteiger partial charge in [-0.1, -0.05) is 49.2 Å². The number of nitrogens with zero attached hydrogens (tertiary/aromatic N) is 4. The van der Waals surface area contributed by atoms with Crippen LogP contribution in [0.25, 0.3) is 0 Å². The highest BCUT2D eigenvalue weighted by Crippen LogP contribution is 2.30. The predicted octanol–water partition coefficient (Wildman–Crippen LogP) is 4.69. The zero-order valence-corrected chi connectivity index (χ0v) is 31.0. The van der Waals surface area contributed by atoms with Crippen molar-refractivity contribution in [2.45, 2.75) is 112 Å². The number of rotatable bonds is 15. The quantitative estimate of drug-likeness (QED) is 0.126. The number of fused-ring (bicyclic) bond motifs is 1. The van der Waals surface area contributed by atoms with Crippen LogP contribution in [0.5, 0.6) is 0 Å². The highest BCUT2D eigenvalue weighted by molar-refractivity contribution is 7.99. The Morgan fingerprint density at radius 1 is 0.962 bits per heavy atom. The average molecular weight is 741 g/mol. The molecule has 2 saturated heterocycles. The van der Waals surface area contributed by atoms with Gasteiger partial charge in [0.1, 0.15) is 16.9 Å². The van der Waals surface area contributed by atoms with Crippen molar-refractivity contribution in [2.75, 3.05) is 23.3 Å². The Bertz CT molecular complexity index is 1820. The van der Waals surface area contributed by atoms with Crippen LogP contribution in [-0.2, 0) is 32.3 Å². The van der Waals surface area contributed by atoms with E-state index in [9.17, 15) is 24.0 Å². The minimum atomic E-state index is -0.651. The molecule has 3 aliphatic rings. The molecule has 1 atom stereocenters. The van der Waals surface area contributed by atoms with E-state index in [-0.39, 0.29) is 35.6 Å². The normalized spacial score (nSPS) is 18.1. The van der Waals surface area contributed by atoms with Crippen molar-refractivity contribution in [1.29, 1.82) is 0 Å². The molecule has 6 rings (SSSR count). The van der Waals surface area contributed by atoms with Gasteiger partial charge in [0.25, 0.3) is 5.91 Å². The Hall–Kier alpha value is -4.82. The summed E-state index contributed by atoms with van der Waals surface area (Å²) in [6, 6.07) is 12.5. The van der Waals surface area contributed by atoms with Crippen LogP contribution < -0.4 is 26.6 Å². The third kappa shape index (κ3) is 10.4. The molecule has 5 N–H and O–H groups in total. The topological polar surface area (TPSA) is 180 Å². The van der Waals surface area contributed by atoms with Gasteiger partial charge in [-0.3, -0.25) is 29.3 Å². The highest BCUT2D eigenvalue weighted by atomic mass is 32.2. The molecule has 280 valence electrons. The lowest BCUT2D eigenvalue weighted by Gasteiger charge is -2.37. The molecule has 2 aromatic carbocycles. The second kappa shape index (κ2) is 17.3. The van der Waals surface area contributed by atoms with Crippen molar-refractivity contribution in [2.24, 2.45) is 5.73 Å². The average Bonchev–Trinajstić information content (AvgIpc) is 3.45. The number of benzene rings is 2. The zero-order chi connectivity index (χ0) is 37.4. The summed E-state index contributed by atoms with van der Waals surface area (Å²) in [4.78, 5) is 75.7. The number of nitrogens with one attached hydrogen (secondary N) is 3. The number of carbonyl (C=O) groups excluding carboxylic acids is 5. The molecule has 4 heterocycles. The first-order chi connectivity index (χ1) is 25.5. The molecule has 53 heavy (non-hydrogen) atoms. The van der Waals surface area contributed by atoms with Crippen LogP contribution in [0.4, 0.5) is 11.5 Å². The lowest BCUT2D eigenvalue weighted by Crippen LogP contribution is -2.52. The largest absolute Gasteiger partial charge is 0.355 e. The smallest absolute Gasteiger partial charge is 0.255 e. The van der Waals surface area contributed by atoms with Crippen LogP contribution in [0.3, 0.4) is 0 Å². The fourth-order valence-electron chi connectivity index (χ4n) is 6.88. The summed E-state index contributed by atoms with van der Waals surface area (Å²) in [6.07, 6.45) is 11.1. The second-order valence-corrected chi connectivity index (χ2v) is 15.6. The molecular formula is C39H48N8O5S. The van der Waals surface area contributed by atoms with Gasteiger partial charge in [0.05, 0.1) is 12.4 Å². The maximum absolute atomic E-state index is 12.9. The van der Waals surface area contributed by atoms with Gasteiger partial charge in [0.15, 0.2) is 0 Å². The summed E-state index contributed by atoms with van der Waals surface area (Å²) < 4.78 is 0. The molecule has 3 aromatic rings. The molecular weight excluding hydrogens is 693 g/mol. The minimum absolute atomic E-state index is 0.0228. The molecule has 3 aliphatic heterocycles. The number of carbonyl (C=O) groups is 5. The summed E-state index contributed by atoms with van der Waals surface area (Å²) >= 11 is 1.50. The van der Waals surface area contributed by atoms with Crippen LogP contribution in [-0.4, -0.2) is 69.1 Å². The Morgan fingerprint density at radius 3 is 2.45 bits per heavy atom. The lowest BCUT2D eigenvalue weighted by atomic mass is 9.91. The highest BCUT2D eigenvalue weighted by Gasteiger charge is 2.39. The van der Waals surface area contributed by atoms with Crippen molar-refractivity contribution in [3.8, 4) is 0 Å². The van der Waals surface area contributed by atoms with E-state index >= 15 is 0 Å². The summed E-state index contributed by atoms with van der Waals surface area (Å²) in [7, 11) is 0. The van der Waals surface area contributed by atoms with Gasteiger partial charge < -0.3 is 26.2 Å². The van der Waals surface area contributed by atoms with Crippen molar-refractivity contribution in [3.63, 3.8) is 0 Å². The van der Waals surface area contributed by atoms with Crippen LogP contribution in [0.1, 0.15) is 99.0 Å². The molecule has 14 heteroatoms. The molecule has 1 aromatic heterocycles. The Kier molecular flexibility index (Phi) is 12.4. The number of imide groups is 1. The van der Waals surface area contributed by atoms with E-state index in [1.165, 1.54) is 16.7 Å². The number of unbranched alkanes of at least 4 members (excludes halogenated alkanes) is 4. The third-order valence-corrected chi connectivity index (χ3v) is 11.0. The molecule has 13 nitrogen and oxygen atoms in total. The maximum Gasteiger partial charge on any atom is 0.255 e. The first kappa shape index (κ1) is 37.9. The van der Waals surface area contributed by atoms with Crippen LogP contribution in [0.15, 0.2) is 64.8 Å². The van der Waals surface area contributed by atoms with Gasteiger partial charge in [0.2, 0.25) is 23.6 Å². The summed E-state index contributed by atoms with van der Waals surface area (Å²) in [6.45, 7) is 4.50. The standard InChI is InChI=1S/C39H48N8O5S/c1-39(40)16-18-46(19-17-39)32-23-43-36(24-41-32)53-29-9-7-8-28(21-29)44-34(49)11-6-4-2-3-5-10-33(48)42-22-26-12-13-30-27(20-26)25-47(38(30)52)31-14-15-35(50)45-37(31)51/h7-9,12-13,20-21,23-24,31H,2-6,10-11,14-19,22,25,40H2,1H3,(H,42,48)(H,44,49)(H,45,50,51). The number of piperidine rings is 2. The lowest BCUT2D eigenvalue weighted by molar-refractivity contribution is -0.137. The van der Waals surface area contributed by atoms with E-state index < -0.39 is 11.9 Å². The first-order valence-corrected chi connectivity index (χ1v) is 19.3. The Balaban J connectivity index is 0.828. The van der Waals surface area contributed by atoms with Gasteiger partial charge in [-0.15, -0.1) is 0 Å². The van der Waals surface area contributed by atoms with Crippen molar-refractivity contribution in [1.82, 2.24) is 25.5 Å². The monoisotopic (exact) mass is 740 g/mol. The SMILES string of the molecule is CC1(N)CCN(c2cnc(Sc3cccc(NC(=O)CCCCCCCC(=O)NCc4ccc5c(c4)CN(C4CCC(=O)NC4=O)C5=O)c3)cn2)CC1. The van der Waals surface area contributed by atoms with Gasteiger partial charge >= 0.3 is 0 Å². The van der Waals surface area contributed by atoms with Crippen molar-refractivity contribution in [3.05, 3.63) is 71.5 Å². The molecule has 2 fully saturated rings. The van der Waals surface area contributed by atoms with E-state index in [2.05, 4.69) is 37.7 Å². The molecule has 0 aliphatic carbocycles. The summed E-state index contributed by atoms with van der Waals surface area (Å²) in [5.41, 5.74) is 9.13. The maximum atomic E-state index is 12.9. The van der Waals surface area contributed by atoms with Crippen LogP contribution in [0, 0.1) is 0 Å². The van der Waals surface area contributed by atoms with Gasteiger partial charge in [-0.25, -0.2) is 9.97 Å². The molecule has 0 spiro atoms. The Labute approximate surface area is 314 Å². The number of anilines is 2. The van der Waals surface area contributed by atoms with Crippen molar-refractivity contribution >= 4 is 52.8 Å². The van der Waals surface area contributed by atoms with E-state index in [0.29, 0.717) is 37.9 Å². The zero-order valence-electron chi connectivity index (χ0n) is 30.2. The second-order valence-electron chi connectivity index (χ2n) is 14.5. The number of nitrogens with two attached hydrogens (primary N) is 1. The number of amides is 5. The summed E-state index contributed by atoms with van der Waals surface area (Å²) in [5, 5.41) is 9.06. The van der Waals surface area contributed by atoms with Gasteiger partial charge in [-0.05, 0) is 74.4 Å². The third-order valence-electron chi connectivity index (χ3n) is 10.1.